The molecule has 0 spiro atoms. The average molecular weight is 1980 g/mol. The minimum absolute atomic E-state index is 0.00180. The molecule has 754 valence electrons. The highest BCUT2D eigenvalue weighted by Gasteiger charge is 2.49. The first-order valence-electron chi connectivity index (χ1n) is 47.0. The average Bonchev–Trinajstić information content (AvgIpc) is 1.59. The molecule has 0 aliphatic heterocycles. The van der Waals surface area contributed by atoms with Crippen LogP contribution in [0.1, 0.15) is 164 Å². The first-order chi connectivity index (χ1) is 70.6. The number of aliphatic hydroxyl groups excluding tert-OH is 1. The fourth-order valence-electron chi connectivity index (χ4n) is 20.3. The number of carbonyl (C=O) groups excluding carboxylic acids is 1. The Morgan fingerprint density at radius 3 is 0.841 bits per heavy atom. The Hall–Kier alpha value is -15.6. The molecule has 14 aromatic carbocycles. The molecule has 0 aromatic heterocycles. The van der Waals surface area contributed by atoms with E-state index in [9.17, 15) is 9.90 Å². The van der Waals surface area contributed by atoms with Crippen molar-refractivity contribution in [2.75, 3.05) is 156 Å². The van der Waals surface area contributed by atoms with Gasteiger partial charge in [-0.25, -0.2) is 0 Å². The standard InChI is InChI=1S/C34H36O6S.C34H34O6.C26H28O6.C26H26O6/c1-35-24-11-7-21(8-12-24)20-41-34-29-18-28(39-5)19-30(40-6)33(29)31(22-9-13-25(36-2)14-10-22)32(34)23-15-26(37-3)17-27(16-23)38-4;1-35-24-11-7-21(8-12-24)15-29-30-19-28(39-5)20-31(40-6)34(30)33(22-9-13-25(36-2)14-10-22)32(29)23-16-26(37-3)18-27(17-23)38-4;2*1-28-17-8-6-15(7-9-17)23-24(16-10-18(29-2)12-19(11-16)30-3)26(27)21-13-20(31-4)14-22(32-5)25(21)23/h7-19,31-32,34H,20H2,1-6H3;7-20,32-33H,1-6H3;6-14,23-24,26-27H,1-5H3;6-14,23-24H,1-5H3/b;29-15-;;/t31-,32-,34?;32-,33+;23-,24-,26-;23-,24-/m1011/s1. The van der Waals surface area contributed by atoms with Crippen molar-refractivity contribution in [3.63, 3.8) is 0 Å². The largest absolute Gasteiger partial charge is 0.497 e. The Balaban J connectivity index is 0.000000146. The smallest absolute Gasteiger partial charge is 0.171 e. The molecule has 10 atom stereocenters. The minimum atomic E-state index is -0.780. The number of carbonyl (C=O) groups is 1. The number of fused-ring (bicyclic) bond motifs is 4. The molecule has 24 nitrogen and oxygen atoms in total. The summed E-state index contributed by atoms with van der Waals surface area (Å²) in [5.41, 5.74) is 19.4. The van der Waals surface area contributed by atoms with Crippen LogP contribution >= 0.6 is 11.8 Å². The van der Waals surface area contributed by atoms with Gasteiger partial charge in [0.05, 0.1) is 168 Å². The zero-order valence-electron chi connectivity index (χ0n) is 85.7. The molecule has 0 saturated heterocycles. The Kier molecular flexibility index (Phi) is 34.0. The van der Waals surface area contributed by atoms with Crippen LogP contribution in [0, 0.1) is 0 Å². The maximum atomic E-state index is 13.8. The summed E-state index contributed by atoms with van der Waals surface area (Å²) in [7, 11) is 36.4. The predicted octanol–water partition coefficient (Wildman–Crippen LogP) is 24.4. The number of ether oxygens (including phenoxy) is 22. The van der Waals surface area contributed by atoms with Crippen molar-refractivity contribution < 1.29 is 114 Å². The fourth-order valence-corrected chi connectivity index (χ4v) is 21.8. The topological polar surface area (TPSA) is 240 Å². The van der Waals surface area contributed by atoms with E-state index in [4.69, 9.17) is 104 Å². The van der Waals surface area contributed by atoms with Crippen molar-refractivity contribution in [1.82, 2.24) is 0 Å². The van der Waals surface area contributed by atoms with E-state index in [2.05, 4.69) is 91.0 Å². The van der Waals surface area contributed by atoms with Gasteiger partial charge < -0.3 is 109 Å². The summed E-state index contributed by atoms with van der Waals surface area (Å²) in [5, 5.41) is 11.7. The number of methoxy groups -OCH3 is 22. The molecule has 0 bridgehead atoms. The zero-order chi connectivity index (χ0) is 103. The molecular weight excluding hydrogens is 1860 g/mol. The number of thioether (sulfide) groups is 1. The number of rotatable bonds is 34. The lowest BCUT2D eigenvalue weighted by atomic mass is 9.79. The molecule has 0 amide bonds. The van der Waals surface area contributed by atoms with Crippen molar-refractivity contribution in [2.45, 2.75) is 64.5 Å². The van der Waals surface area contributed by atoms with Crippen LogP contribution in [0.25, 0.3) is 11.6 Å². The minimum Gasteiger partial charge on any atom is -0.497 e. The summed E-state index contributed by atoms with van der Waals surface area (Å²) in [6.45, 7) is 0. The van der Waals surface area contributed by atoms with Gasteiger partial charge in [-0.2, -0.15) is 0 Å². The van der Waals surface area contributed by atoms with Gasteiger partial charge in [-0.1, -0.05) is 78.9 Å². The van der Waals surface area contributed by atoms with Gasteiger partial charge in [-0.05, 0) is 223 Å². The normalized spacial score (nSPS) is 17.6. The molecule has 0 radical (unpaired) electrons. The summed E-state index contributed by atoms with van der Waals surface area (Å²) in [5.74, 6) is 15.5. The van der Waals surface area contributed by atoms with Gasteiger partial charge in [-0.3, -0.25) is 4.79 Å². The van der Waals surface area contributed by atoms with Crippen molar-refractivity contribution in [2.24, 2.45) is 0 Å². The summed E-state index contributed by atoms with van der Waals surface area (Å²) in [6.07, 6.45) is 1.45. The van der Waals surface area contributed by atoms with Crippen molar-refractivity contribution >= 4 is 29.2 Å². The molecular formula is C120H124O24S. The van der Waals surface area contributed by atoms with Gasteiger partial charge in [0.15, 0.2) is 5.78 Å². The number of hydrogen-bond donors (Lipinski definition) is 1. The molecule has 0 saturated carbocycles. The maximum Gasteiger partial charge on any atom is 0.171 e. The lowest BCUT2D eigenvalue weighted by Crippen LogP contribution is -2.13. The summed E-state index contributed by atoms with van der Waals surface area (Å²) in [4.78, 5) is 13.8. The van der Waals surface area contributed by atoms with Crippen molar-refractivity contribution in [3.8, 4) is 126 Å². The van der Waals surface area contributed by atoms with Crippen LogP contribution in [0.2, 0.25) is 0 Å². The Morgan fingerprint density at radius 2 is 0.490 bits per heavy atom. The molecule has 1 N–H and O–H groups in total. The van der Waals surface area contributed by atoms with E-state index in [1.165, 1.54) is 16.7 Å². The molecule has 1 unspecified atom stereocenters. The number of benzene rings is 14. The van der Waals surface area contributed by atoms with Crippen LogP contribution in [0.4, 0.5) is 0 Å². The van der Waals surface area contributed by atoms with Crippen LogP contribution in [0.5, 0.6) is 126 Å². The monoisotopic (exact) mass is 1980 g/mol. The van der Waals surface area contributed by atoms with Crippen molar-refractivity contribution in [3.05, 3.63) is 367 Å². The second kappa shape index (κ2) is 47.5. The van der Waals surface area contributed by atoms with Crippen LogP contribution < -0.4 is 104 Å². The highest BCUT2D eigenvalue weighted by atomic mass is 32.2. The lowest BCUT2D eigenvalue weighted by Gasteiger charge is -2.27. The highest BCUT2D eigenvalue weighted by Crippen LogP contribution is 2.65. The molecule has 145 heavy (non-hydrogen) atoms. The predicted molar refractivity (Wildman–Crippen MR) is 564 cm³/mol. The summed E-state index contributed by atoms with van der Waals surface area (Å²) in [6, 6.07) is 87.7. The van der Waals surface area contributed by atoms with Gasteiger partial charge in [-0.15, -0.1) is 11.8 Å². The van der Waals surface area contributed by atoms with Crippen LogP contribution in [-0.2, 0) is 5.75 Å². The van der Waals surface area contributed by atoms with Crippen molar-refractivity contribution in [1.29, 1.82) is 0 Å². The van der Waals surface area contributed by atoms with E-state index >= 15 is 0 Å². The first-order valence-corrected chi connectivity index (χ1v) is 48.0. The lowest BCUT2D eigenvalue weighted by molar-refractivity contribution is 0.0967. The van der Waals surface area contributed by atoms with E-state index in [0.717, 1.165) is 170 Å². The second-order valence-corrected chi connectivity index (χ2v) is 35.7. The second-order valence-electron chi connectivity index (χ2n) is 34.6. The van der Waals surface area contributed by atoms with Gasteiger partial charge >= 0.3 is 0 Å². The molecule has 4 aliphatic carbocycles. The van der Waals surface area contributed by atoms with Crippen LogP contribution in [0.3, 0.4) is 0 Å². The zero-order valence-corrected chi connectivity index (χ0v) is 86.5. The van der Waals surface area contributed by atoms with Gasteiger partial charge in [0.2, 0.25) is 0 Å². The van der Waals surface area contributed by atoms with Gasteiger partial charge in [0.1, 0.15) is 126 Å². The molecule has 18 rings (SSSR count). The Labute approximate surface area is 852 Å². The molecule has 0 fully saturated rings. The molecule has 0 heterocycles. The molecule has 25 heteroatoms. The van der Waals surface area contributed by atoms with Crippen LogP contribution in [-0.4, -0.2) is 167 Å². The molecule has 14 aromatic rings. The maximum absolute atomic E-state index is 13.8. The highest BCUT2D eigenvalue weighted by molar-refractivity contribution is 7.98. The van der Waals surface area contributed by atoms with Gasteiger partial charge in [0.25, 0.3) is 0 Å². The molecule has 4 aliphatic rings. The number of allylic oxidation sites excluding steroid dienone is 1. The van der Waals surface area contributed by atoms with Gasteiger partial charge in [0, 0.05) is 129 Å². The third kappa shape index (κ3) is 22.0. The SMILES string of the molecule is COc1ccc(/C=C2/c3cc(OC)cc(OC)c3[C@H](c3ccc(OC)cc3)[C@H]2c2cc(OC)cc(OC)c2)cc1.COc1ccc(CSC2c3cc(OC)cc(OC)c3[C@H](c3ccc(OC)cc3)[C@H]2c2cc(OC)cc(OC)c2)cc1.COc1ccc([C@H]2c3c(OC)cc(OC)cc3C(=O)[C@@H]2c2cc(OC)cc(OC)c2)cc1.COc1ccc([C@H]2c3c(OC)cc(OC)cc3[C@@H](O)[C@@H]2c2cc(OC)cc(OC)c2)cc1. The number of Topliss-reactive ketones (excluding diaryl/α,β-unsaturated/α-hetero) is 1. The van der Waals surface area contributed by atoms with E-state index in [-0.39, 0.29) is 52.5 Å². The van der Waals surface area contributed by atoms with E-state index < -0.39 is 12.0 Å². The Morgan fingerprint density at radius 1 is 0.228 bits per heavy atom. The van der Waals surface area contributed by atoms with E-state index in [1.54, 1.807) is 169 Å². The Bertz CT molecular complexity index is 6740. The van der Waals surface area contributed by atoms with Crippen LogP contribution in [0.15, 0.2) is 267 Å². The summed E-state index contributed by atoms with van der Waals surface area (Å²) >= 11 is 1.91. The first kappa shape index (κ1) is 104. The fraction of sp³-hybridized carbons (Fsp3) is 0.275. The number of ketones is 1. The number of hydrogen-bond acceptors (Lipinski definition) is 25. The van der Waals surface area contributed by atoms with E-state index in [1.807, 2.05) is 182 Å². The third-order valence-electron chi connectivity index (χ3n) is 27.4. The number of aliphatic hydroxyl groups is 1. The summed E-state index contributed by atoms with van der Waals surface area (Å²) < 4.78 is 123. The third-order valence-corrected chi connectivity index (χ3v) is 28.8. The van der Waals surface area contributed by atoms with E-state index in [0.29, 0.717) is 51.6 Å². The quantitative estimate of drug-likeness (QED) is 0.0394.